The Morgan fingerprint density at radius 2 is 1.69 bits per heavy atom. The van der Waals surface area contributed by atoms with Crippen LogP contribution in [0.2, 0.25) is 5.02 Å². The number of carbonyl (C=O) groups is 1. The number of halogens is 1. The summed E-state index contributed by atoms with van der Waals surface area (Å²) < 4.78 is 33.4. The van der Waals surface area contributed by atoms with Crippen molar-refractivity contribution < 1.29 is 17.9 Å². The van der Waals surface area contributed by atoms with E-state index in [0.717, 1.165) is 23.6 Å². The molecule has 0 bridgehead atoms. The van der Waals surface area contributed by atoms with Gasteiger partial charge in [-0.3, -0.25) is 9.10 Å². The van der Waals surface area contributed by atoms with Crippen molar-refractivity contribution in [3.8, 4) is 5.75 Å². The predicted molar refractivity (Wildman–Crippen MR) is 140 cm³/mol. The lowest BCUT2D eigenvalue weighted by atomic mass is 10.2. The van der Waals surface area contributed by atoms with Gasteiger partial charge in [0.05, 0.1) is 23.4 Å². The van der Waals surface area contributed by atoms with E-state index in [2.05, 4.69) is 17.5 Å². The molecule has 3 rings (SSSR count). The molecule has 1 amide bonds. The lowest BCUT2D eigenvalue weighted by Crippen LogP contribution is -2.39. The highest BCUT2D eigenvalue weighted by Crippen LogP contribution is 2.25. The number of amides is 1. The largest absolute Gasteiger partial charge is 0.493 e. The van der Waals surface area contributed by atoms with E-state index < -0.39 is 22.5 Å². The number of ether oxygens (including phenoxy) is 1. The third-order valence-corrected chi connectivity index (χ3v) is 7.09. The summed E-state index contributed by atoms with van der Waals surface area (Å²) >= 11 is 5.96. The fourth-order valence-corrected chi connectivity index (χ4v) is 4.80. The van der Waals surface area contributed by atoms with E-state index in [1.165, 1.54) is 18.3 Å². The summed E-state index contributed by atoms with van der Waals surface area (Å²) in [7, 11) is -4.00. The summed E-state index contributed by atoms with van der Waals surface area (Å²) in [5.41, 5.74) is 3.43. The maximum absolute atomic E-state index is 13.3. The number of anilines is 1. The van der Waals surface area contributed by atoms with Crippen molar-refractivity contribution in [2.24, 2.45) is 5.10 Å². The number of hydrogen-bond donors (Lipinski definition) is 1. The summed E-state index contributed by atoms with van der Waals surface area (Å²) in [4.78, 5) is 12.8. The average molecular weight is 514 g/mol. The van der Waals surface area contributed by atoms with Gasteiger partial charge in [-0.2, -0.15) is 5.10 Å². The number of rotatable bonds is 12. The topological polar surface area (TPSA) is 88.1 Å². The third kappa shape index (κ3) is 7.56. The molecular formula is C26H28ClN3O4S. The second-order valence-electron chi connectivity index (χ2n) is 7.69. The van der Waals surface area contributed by atoms with Crippen molar-refractivity contribution in [1.82, 2.24) is 5.43 Å². The van der Waals surface area contributed by atoms with Gasteiger partial charge >= 0.3 is 0 Å². The Morgan fingerprint density at radius 3 is 2.40 bits per heavy atom. The Morgan fingerprint density at radius 1 is 1.00 bits per heavy atom. The van der Waals surface area contributed by atoms with E-state index in [9.17, 15) is 13.2 Å². The second-order valence-corrected chi connectivity index (χ2v) is 9.99. The molecule has 35 heavy (non-hydrogen) atoms. The Labute approximate surface area is 211 Å². The lowest BCUT2D eigenvalue weighted by Gasteiger charge is -2.23. The smallest absolute Gasteiger partial charge is 0.264 e. The monoisotopic (exact) mass is 513 g/mol. The van der Waals surface area contributed by atoms with E-state index in [0.29, 0.717) is 28.6 Å². The van der Waals surface area contributed by atoms with E-state index >= 15 is 0 Å². The first-order valence-electron chi connectivity index (χ1n) is 11.3. The molecule has 3 aromatic carbocycles. The van der Waals surface area contributed by atoms with Crippen LogP contribution in [-0.2, 0) is 14.8 Å². The van der Waals surface area contributed by atoms with Crippen LogP contribution in [0.25, 0.3) is 0 Å². The first-order valence-corrected chi connectivity index (χ1v) is 13.1. The van der Waals surface area contributed by atoms with Gasteiger partial charge in [-0.15, -0.1) is 0 Å². The van der Waals surface area contributed by atoms with E-state index in [4.69, 9.17) is 16.3 Å². The molecular weight excluding hydrogens is 486 g/mol. The number of unbranched alkanes of at least 4 members (excludes halogenated alkanes) is 2. The molecule has 0 radical (unpaired) electrons. The third-order valence-electron chi connectivity index (χ3n) is 5.05. The van der Waals surface area contributed by atoms with Crippen molar-refractivity contribution in [2.45, 2.75) is 31.1 Å². The van der Waals surface area contributed by atoms with Gasteiger partial charge in [-0.05, 0) is 55.0 Å². The highest BCUT2D eigenvalue weighted by molar-refractivity contribution is 7.92. The Hall–Kier alpha value is -3.36. The van der Waals surface area contributed by atoms with Gasteiger partial charge in [0.25, 0.3) is 15.9 Å². The molecule has 0 unspecified atom stereocenters. The number of sulfonamides is 1. The number of nitrogens with zero attached hydrogens (tertiary/aromatic N) is 2. The minimum Gasteiger partial charge on any atom is -0.493 e. The quantitative estimate of drug-likeness (QED) is 0.203. The Balaban J connectivity index is 1.73. The first-order chi connectivity index (χ1) is 16.9. The molecule has 0 atom stereocenters. The van der Waals surface area contributed by atoms with Gasteiger partial charge in [0, 0.05) is 10.6 Å². The molecule has 3 aromatic rings. The van der Waals surface area contributed by atoms with Crippen LogP contribution in [0.3, 0.4) is 0 Å². The second kappa shape index (κ2) is 12.9. The van der Waals surface area contributed by atoms with Gasteiger partial charge in [0.1, 0.15) is 12.3 Å². The normalized spacial score (nSPS) is 11.4. The standard InChI is InChI=1S/C26H28ClN3O4S/c1-2-3-9-18-34-25-13-8-7-10-21(25)19-28-29-26(31)20-30(23-16-14-22(27)15-17-23)35(32,33)24-11-5-4-6-12-24/h4-8,10-17,19H,2-3,9,18,20H2,1H3,(H,29,31). The highest BCUT2D eigenvalue weighted by atomic mass is 35.5. The maximum Gasteiger partial charge on any atom is 0.264 e. The Bertz CT molecular complexity index is 1230. The number of benzene rings is 3. The highest BCUT2D eigenvalue weighted by Gasteiger charge is 2.27. The lowest BCUT2D eigenvalue weighted by molar-refractivity contribution is -0.119. The Kier molecular flexibility index (Phi) is 9.69. The fourth-order valence-electron chi connectivity index (χ4n) is 3.23. The average Bonchev–Trinajstić information content (AvgIpc) is 2.87. The van der Waals surface area contributed by atoms with Gasteiger partial charge in [0.2, 0.25) is 0 Å². The molecule has 0 fully saturated rings. The minimum absolute atomic E-state index is 0.0698. The van der Waals surface area contributed by atoms with Gasteiger partial charge < -0.3 is 4.74 Å². The summed E-state index contributed by atoms with van der Waals surface area (Å²) in [6.07, 6.45) is 4.62. The molecule has 0 aromatic heterocycles. The number of nitrogens with one attached hydrogen (secondary N) is 1. The van der Waals surface area contributed by atoms with E-state index in [-0.39, 0.29) is 4.90 Å². The molecule has 1 N–H and O–H groups in total. The zero-order valence-corrected chi connectivity index (χ0v) is 21.0. The number of carbonyl (C=O) groups excluding carboxylic acids is 1. The molecule has 0 saturated carbocycles. The van der Waals surface area contributed by atoms with E-state index in [1.54, 1.807) is 42.5 Å². The summed E-state index contributed by atoms with van der Waals surface area (Å²) in [6, 6.07) is 21.5. The van der Waals surface area contributed by atoms with E-state index in [1.807, 2.05) is 24.3 Å². The summed E-state index contributed by atoms with van der Waals surface area (Å²) in [5.74, 6) is 0.0631. The first kappa shape index (κ1) is 26.2. The van der Waals surface area contributed by atoms with Crippen molar-refractivity contribution in [3.63, 3.8) is 0 Å². The SMILES string of the molecule is CCCCCOc1ccccc1C=NNC(=O)CN(c1ccc(Cl)cc1)S(=O)(=O)c1ccccc1. The van der Waals surface area contributed by atoms with Crippen LogP contribution in [0.15, 0.2) is 88.9 Å². The number of para-hydroxylation sites is 1. The molecule has 184 valence electrons. The molecule has 0 spiro atoms. The van der Waals surface area contributed by atoms with Crippen LogP contribution in [-0.4, -0.2) is 33.7 Å². The zero-order valence-electron chi connectivity index (χ0n) is 19.4. The summed E-state index contributed by atoms with van der Waals surface area (Å²) in [6.45, 7) is 2.26. The molecule has 0 aliphatic rings. The van der Waals surface area contributed by atoms with Crippen LogP contribution in [0, 0.1) is 0 Å². The molecule has 0 aliphatic heterocycles. The van der Waals surface area contributed by atoms with Crippen molar-refractivity contribution in [3.05, 3.63) is 89.4 Å². The van der Waals surface area contributed by atoms with Crippen LogP contribution in [0.4, 0.5) is 5.69 Å². The van der Waals surface area contributed by atoms with Crippen molar-refractivity contribution in [1.29, 1.82) is 0 Å². The van der Waals surface area contributed by atoms with Crippen molar-refractivity contribution in [2.75, 3.05) is 17.5 Å². The maximum atomic E-state index is 13.3. The van der Waals surface area contributed by atoms with Crippen LogP contribution >= 0.6 is 11.6 Å². The predicted octanol–water partition coefficient (Wildman–Crippen LogP) is 5.25. The minimum atomic E-state index is -4.00. The van der Waals surface area contributed by atoms with Crippen molar-refractivity contribution >= 4 is 39.4 Å². The molecule has 0 saturated heterocycles. The van der Waals surface area contributed by atoms with Gasteiger partial charge in [-0.25, -0.2) is 13.8 Å². The zero-order chi connectivity index (χ0) is 25.1. The fraction of sp³-hybridized carbons (Fsp3) is 0.231. The molecule has 7 nitrogen and oxygen atoms in total. The van der Waals surface area contributed by atoms with Gasteiger partial charge in [-0.1, -0.05) is 61.7 Å². The van der Waals surface area contributed by atoms with Crippen LogP contribution < -0.4 is 14.5 Å². The number of hydrazone groups is 1. The molecule has 0 aliphatic carbocycles. The molecule has 0 heterocycles. The van der Waals surface area contributed by atoms with Crippen LogP contribution in [0.5, 0.6) is 5.75 Å². The number of hydrogen-bond acceptors (Lipinski definition) is 5. The van der Waals surface area contributed by atoms with Gasteiger partial charge in [0.15, 0.2) is 0 Å². The van der Waals surface area contributed by atoms with Crippen LogP contribution in [0.1, 0.15) is 31.7 Å². The summed E-state index contributed by atoms with van der Waals surface area (Å²) in [5, 5.41) is 4.47. The molecule has 9 heteroatoms.